The van der Waals surface area contributed by atoms with Crippen molar-refractivity contribution in [3.63, 3.8) is 0 Å². The Balaban J connectivity index is 2.28. The number of para-hydroxylation sites is 1. The summed E-state index contributed by atoms with van der Waals surface area (Å²) in [6, 6.07) is 9.43. The molecule has 2 rings (SSSR count). The lowest BCUT2D eigenvalue weighted by Gasteiger charge is -2.04. The Kier molecular flexibility index (Phi) is 4.55. The number of hydrogen-bond donors (Lipinski definition) is 1. The van der Waals surface area contributed by atoms with Gasteiger partial charge in [0.2, 0.25) is 0 Å². The predicted octanol–water partition coefficient (Wildman–Crippen LogP) is 2.86. The molecule has 0 spiro atoms. The van der Waals surface area contributed by atoms with Crippen LogP contribution in [0.4, 0.5) is 5.69 Å². The van der Waals surface area contributed by atoms with Crippen LogP contribution in [-0.2, 0) is 0 Å². The van der Waals surface area contributed by atoms with Gasteiger partial charge in [-0.25, -0.2) is 15.0 Å². The van der Waals surface area contributed by atoms with Crippen molar-refractivity contribution in [3.05, 3.63) is 42.7 Å². The minimum Gasteiger partial charge on any atom is -0.386 e. The number of aromatic nitrogens is 2. The van der Waals surface area contributed by atoms with Crippen LogP contribution in [0.1, 0.15) is 0 Å². The summed E-state index contributed by atoms with van der Waals surface area (Å²) in [6.07, 6.45) is 3.41. The van der Waals surface area contributed by atoms with Gasteiger partial charge in [-0.1, -0.05) is 12.1 Å². The smallest absolute Gasteiger partial charge is 0.192 e. The molecular formula is C12H11ClN4S. The molecule has 1 aromatic heterocycles. The number of hydrogen-bond acceptors (Lipinski definition) is 4. The van der Waals surface area contributed by atoms with Crippen LogP contribution in [0.15, 0.2) is 57.8 Å². The summed E-state index contributed by atoms with van der Waals surface area (Å²) in [5.41, 5.74) is 6.42. The molecule has 0 saturated carbocycles. The summed E-state index contributed by atoms with van der Waals surface area (Å²) in [5, 5.41) is 0.671. The average molecular weight is 279 g/mol. The van der Waals surface area contributed by atoms with Crippen LogP contribution in [0.25, 0.3) is 0 Å². The van der Waals surface area contributed by atoms with Gasteiger partial charge in [0, 0.05) is 17.3 Å². The van der Waals surface area contributed by atoms with Gasteiger partial charge in [-0.15, -0.1) is 11.6 Å². The number of amidine groups is 1. The predicted molar refractivity (Wildman–Crippen MR) is 74.6 cm³/mol. The van der Waals surface area contributed by atoms with Crippen molar-refractivity contribution in [2.75, 3.05) is 5.88 Å². The third kappa shape index (κ3) is 3.45. The fourth-order valence-corrected chi connectivity index (χ4v) is 2.11. The molecule has 0 amide bonds. The van der Waals surface area contributed by atoms with Crippen molar-refractivity contribution >= 4 is 34.9 Å². The molecule has 0 aliphatic rings. The number of halogens is 1. The number of alkyl halides is 1. The quantitative estimate of drug-likeness (QED) is 0.404. The summed E-state index contributed by atoms with van der Waals surface area (Å²) in [7, 11) is 0. The molecule has 0 aliphatic heterocycles. The number of aliphatic imine (C=N–C) groups is 1. The van der Waals surface area contributed by atoms with E-state index < -0.39 is 0 Å². The van der Waals surface area contributed by atoms with Gasteiger partial charge in [-0.3, -0.25) is 0 Å². The third-order valence-electron chi connectivity index (χ3n) is 2.01. The van der Waals surface area contributed by atoms with Gasteiger partial charge in [0.25, 0.3) is 0 Å². The fourth-order valence-electron chi connectivity index (χ4n) is 1.26. The molecular weight excluding hydrogens is 268 g/mol. The molecule has 1 aromatic carbocycles. The second-order valence-corrected chi connectivity index (χ2v) is 4.61. The lowest BCUT2D eigenvalue weighted by Crippen LogP contribution is -2.12. The Morgan fingerprint density at radius 3 is 2.67 bits per heavy atom. The average Bonchev–Trinajstić information content (AvgIpc) is 2.42. The molecule has 2 N–H and O–H groups in total. The van der Waals surface area contributed by atoms with Gasteiger partial charge in [-0.05, 0) is 30.0 Å². The van der Waals surface area contributed by atoms with Crippen LogP contribution in [0, 0.1) is 0 Å². The normalized spacial score (nSPS) is 11.5. The highest BCUT2D eigenvalue weighted by atomic mass is 35.5. The van der Waals surface area contributed by atoms with E-state index in [9.17, 15) is 0 Å². The first kappa shape index (κ1) is 12.9. The van der Waals surface area contributed by atoms with Crippen LogP contribution in [-0.4, -0.2) is 21.7 Å². The highest BCUT2D eigenvalue weighted by Crippen LogP contribution is 2.32. The van der Waals surface area contributed by atoms with Crippen LogP contribution in [0.5, 0.6) is 0 Å². The largest absolute Gasteiger partial charge is 0.386 e. The highest BCUT2D eigenvalue weighted by Gasteiger charge is 2.05. The number of nitrogens with zero attached hydrogens (tertiary/aromatic N) is 3. The van der Waals surface area contributed by atoms with Crippen LogP contribution >= 0.6 is 23.4 Å². The summed E-state index contributed by atoms with van der Waals surface area (Å²) in [4.78, 5) is 13.5. The number of benzene rings is 1. The number of nitrogens with two attached hydrogens (primary N) is 1. The monoisotopic (exact) mass is 278 g/mol. The van der Waals surface area contributed by atoms with Crippen LogP contribution in [0.2, 0.25) is 0 Å². The van der Waals surface area contributed by atoms with Gasteiger partial charge in [0.05, 0.1) is 11.6 Å². The van der Waals surface area contributed by atoms with E-state index >= 15 is 0 Å². The Hall–Kier alpha value is -1.59. The molecule has 1 heterocycles. The molecule has 2 aromatic rings. The Morgan fingerprint density at radius 1 is 1.22 bits per heavy atom. The van der Waals surface area contributed by atoms with Crippen LogP contribution in [0.3, 0.4) is 0 Å². The molecule has 0 radical (unpaired) electrons. The molecule has 0 unspecified atom stereocenters. The topological polar surface area (TPSA) is 64.2 Å². The van der Waals surface area contributed by atoms with Gasteiger partial charge in [-0.2, -0.15) is 0 Å². The maximum absolute atomic E-state index is 5.64. The lowest BCUT2D eigenvalue weighted by atomic mass is 10.3. The molecule has 0 bridgehead atoms. The summed E-state index contributed by atoms with van der Waals surface area (Å²) in [5.74, 6) is 0.597. The molecule has 0 saturated heterocycles. The van der Waals surface area contributed by atoms with Crippen molar-refractivity contribution in [1.29, 1.82) is 0 Å². The van der Waals surface area contributed by atoms with E-state index in [0.29, 0.717) is 11.0 Å². The Morgan fingerprint density at radius 2 is 1.94 bits per heavy atom. The molecule has 18 heavy (non-hydrogen) atoms. The summed E-state index contributed by atoms with van der Waals surface area (Å²) < 4.78 is 0. The number of rotatable bonds is 4. The van der Waals surface area contributed by atoms with E-state index in [4.69, 9.17) is 17.3 Å². The fraction of sp³-hybridized carbons (Fsp3) is 0.0833. The van der Waals surface area contributed by atoms with E-state index in [1.165, 1.54) is 11.8 Å². The van der Waals surface area contributed by atoms with Gasteiger partial charge >= 0.3 is 0 Å². The zero-order valence-corrected chi connectivity index (χ0v) is 11.0. The molecule has 0 fully saturated rings. The van der Waals surface area contributed by atoms with E-state index in [0.717, 1.165) is 10.6 Å². The molecule has 4 nitrogen and oxygen atoms in total. The van der Waals surface area contributed by atoms with Crippen molar-refractivity contribution in [1.82, 2.24) is 9.97 Å². The van der Waals surface area contributed by atoms with Gasteiger partial charge < -0.3 is 5.73 Å². The Labute approximate surface area is 114 Å². The lowest BCUT2D eigenvalue weighted by molar-refractivity contribution is 0.967. The first-order valence-corrected chi connectivity index (χ1v) is 6.57. The minimum atomic E-state index is 0.209. The third-order valence-corrected chi connectivity index (χ3v) is 3.24. The Bertz CT molecular complexity index is 545. The van der Waals surface area contributed by atoms with Gasteiger partial charge in [0.15, 0.2) is 5.16 Å². The highest BCUT2D eigenvalue weighted by molar-refractivity contribution is 7.99. The van der Waals surface area contributed by atoms with Crippen LogP contribution < -0.4 is 5.73 Å². The first-order valence-electron chi connectivity index (χ1n) is 5.22. The van der Waals surface area contributed by atoms with E-state index in [1.807, 2.05) is 24.3 Å². The van der Waals surface area contributed by atoms with E-state index in [2.05, 4.69) is 15.0 Å². The molecule has 92 valence electrons. The van der Waals surface area contributed by atoms with Crippen molar-refractivity contribution in [2.45, 2.75) is 10.1 Å². The zero-order valence-electron chi connectivity index (χ0n) is 9.45. The van der Waals surface area contributed by atoms with E-state index in [1.54, 1.807) is 18.5 Å². The van der Waals surface area contributed by atoms with E-state index in [-0.39, 0.29) is 5.88 Å². The van der Waals surface area contributed by atoms with Crippen molar-refractivity contribution in [3.8, 4) is 0 Å². The SMILES string of the molecule is NC(CCl)=Nc1ccccc1Sc1ncccn1. The maximum Gasteiger partial charge on any atom is 0.192 e. The standard InChI is InChI=1S/C12H11ClN4S/c13-8-11(14)17-9-4-1-2-5-10(9)18-12-15-6-3-7-16-12/h1-7H,8H2,(H2,14,17). The minimum absolute atomic E-state index is 0.209. The molecule has 0 atom stereocenters. The maximum atomic E-state index is 5.64. The van der Waals surface area contributed by atoms with Gasteiger partial charge in [0.1, 0.15) is 5.84 Å². The second kappa shape index (κ2) is 6.37. The second-order valence-electron chi connectivity index (χ2n) is 3.34. The van der Waals surface area contributed by atoms with Crippen molar-refractivity contribution < 1.29 is 0 Å². The summed E-state index contributed by atoms with van der Waals surface area (Å²) in [6.45, 7) is 0. The zero-order chi connectivity index (χ0) is 12.8. The molecule has 0 aliphatic carbocycles. The molecule has 6 heteroatoms. The van der Waals surface area contributed by atoms with Crippen molar-refractivity contribution in [2.24, 2.45) is 10.7 Å². The summed E-state index contributed by atoms with van der Waals surface area (Å²) >= 11 is 7.07. The first-order chi connectivity index (χ1) is 8.79.